The van der Waals surface area contributed by atoms with Crippen LogP contribution in [0.3, 0.4) is 0 Å². The molecule has 2 heteroatoms. The summed E-state index contributed by atoms with van der Waals surface area (Å²) >= 11 is 1.36. The Kier molecular flexibility index (Phi) is 11.0. The molecule has 0 aromatic carbocycles. The number of hydrogen-bond donors (Lipinski definition) is 0. The van der Waals surface area contributed by atoms with Crippen molar-refractivity contribution in [3.05, 3.63) is 45.1 Å². The first kappa shape index (κ1) is 15.9. The van der Waals surface area contributed by atoms with Crippen molar-refractivity contribution >= 4 is 6.88 Å². The molecule has 1 saturated carbocycles. The van der Waals surface area contributed by atoms with E-state index >= 15 is 0 Å². The second-order valence-electron chi connectivity index (χ2n) is 2.81. The molecule has 0 aliphatic heterocycles. The topological polar surface area (TPSA) is 0 Å². The van der Waals surface area contributed by atoms with E-state index in [0.29, 0.717) is 0 Å². The van der Waals surface area contributed by atoms with Crippen LogP contribution in [0.15, 0.2) is 23.8 Å². The Labute approximate surface area is 100 Å². The molecule has 2 rings (SSSR count). The maximum atomic E-state index is 3.06. The van der Waals surface area contributed by atoms with E-state index in [-0.39, 0.29) is 14.9 Å². The summed E-state index contributed by atoms with van der Waals surface area (Å²) < 4.78 is 0. The minimum absolute atomic E-state index is 0. The maximum absolute atomic E-state index is 3.06. The van der Waals surface area contributed by atoms with Gasteiger partial charge in [-0.25, -0.2) is 18.1 Å². The van der Waals surface area contributed by atoms with E-state index < -0.39 is 0 Å². The van der Waals surface area contributed by atoms with Crippen LogP contribution in [0.1, 0.15) is 19.3 Å². The summed E-state index contributed by atoms with van der Waals surface area (Å²) in [5.41, 5.74) is 1.58. The van der Waals surface area contributed by atoms with Crippen molar-refractivity contribution in [2.24, 2.45) is 5.92 Å². The van der Waals surface area contributed by atoms with E-state index in [1.54, 1.807) is 5.57 Å². The van der Waals surface area contributed by atoms with Crippen LogP contribution in [0.5, 0.6) is 0 Å². The van der Waals surface area contributed by atoms with E-state index in [1.165, 1.54) is 42.6 Å². The van der Waals surface area contributed by atoms with Crippen LogP contribution in [0, 0.1) is 27.2 Å². The number of fused-ring (bicyclic) bond motifs is 1. The molecule has 1 unspecified atom stereocenters. The van der Waals surface area contributed by atoms with Crippen LogP contribution in [-0.4, -0.2) is 6.88 Å². The molecule has 0 bridgehead atoms. The molecule has 0 aromatic heterocycles. The van der Waals surface area contributed by atoms with Crippen LogP contribution in [0.25, 0.3) is 0 Å². The van der Waals surface area contributed by atoms with Crippen molar-refractivity contribution in [2.45, 2.75) is 19.3 Å². The zero-order valence-corrected chi connectivity index (χ0v) is 12.0. The van der Waals surface area contributed by atoms with Crippen LogP contribution < -0.4 is 0 Å². The summed E-state index contributed by atoms with van der Waals surface area (Å²) in [4.78, 5) is 0. The van der Waals surface area contributed by atoms with E-state index in [9.17, 15) is 0 Å². The summed E-state index contributed by atoms with van der Waals surface area (Å²) in [5, 5.41) is 0. The zero-order valence-electron chi connectivity index (χ0n) is 8.51. The van der Waals surface area contributed by atoms with Crippen molar-refractivity contribution < 1.29 is 23.3 Å². The van der Waals surface area contributed by atoms with E-state index in [0.717, 1.165) is 5.92 Å². The van der Waals surface area contributed by atoms with Crippen LogP contribution >= 0.6 is 0 Å². The Hall–Kier alpha value is 0.450. The second-order valence-corrected chi connectivity index (χ2v) is 2.81. The fourth-order valence-corrected chi connectivity index (χ4v) is 1.66. The molecule has 0 saturated heterocycles. The molecule has 0 amide bonds. The average Bonchev–Trinajstić information content (AvgIpc) is 2.55. The second kappa shape index (κ2) is 9.02. The summed E-state index contributed by atoms with van der Waals surface area (Å²) in [6, 6.07) is 0. The number of hydrogen-bond acceptors (Lipinski definition) is 0. The molecule has 13 heavy (non-hydrogen) atoms. The van der Waals surface area contributed by atoms with Gasteiger partial charge in [-0.15, -0.1) is 18.6 Å². The molecule has 1 fully saturated rings. The van der Waals surface area contributed by atoms with Crippen LogP contribution in [-0.2, 0) is 23.3 Å². The summed E-state index contributed by atoms with van der Waals surface area (Å²) in [6.45, 7) is 3.06. The Bertz CT molecular complexity index is 185. The third kappa shape index (κ3) is 4.46. The quantitative estimate of drug-likeness (QED) is 0.468. The third-order valence-corrected chi connectivity index (χ3v) is 2.21. The Morgan fingerprint density at radius 3 is 2.69 bits per heavy atom. The van der Waals surface area contributed by atoms with Gasteiger partial charge in [-0.05, 0) is 12.3 Å². The molecule has 0 N–H and O–H groups in total. The van der Waals surface area contributed by atoms with Crippen LogP contribution in [0.2, 0.25) is 0 Å². The molecule has 1 atom stereocenters. The molecule has 0 spiro atoms. The van der Waals surface area contributed by atoms with Gasteiger partial charge in [0.2, 0.25) is 0 Å². The third-order valence-electron chi connectivity index (χ3n) is 2.21. The van der Waals surface area contributed by atoms with Gasteiger partial charge in [0.15, 0.2) is 0 Å². The standard InChI is InChI=1S/C9H11.2CH3.Si.Zr/c1-2-5-9-7-3-6-8(9)4-1;;;;/h1-2,4,6,9H,3,5,7H2;2*1H3;;/q3*-1;;. The average molecular weight is 269 g/mol. The van der Waals surface area contributed by atoms with Crippen LogP contribution in [0.4, 0.5) is 0 Å². The van der Waals surface area contributed by atoms with Gasteiger partial charge < -0.3 is 14.9 Å². The van der Waals surface area contributed by atoms with Crippen molar-refractivity contribution in [2.75, 3.05) is 0 Å². The number of rotatable bonds is 0. The van der Waals surface area contributed by atoms with Gasteiger partial charge >= 0.3 is 30.2 Å². The van der Waals surface area contributed by atoms with Gasteiger partial charge in [0.05, 0.1) is 0 Å². The molecular weight excluding hydrogens is 251 g/mol. The first-order valence-electron chi connectivity index (χ1n) is 3.92. The molecule has 0 heterocycles. The molecule has 2 aliphatic rings. The van der Waals surface area contributed by atoms with Crippen molar-refractivity contribution in [1.82, 2.24) is 0 Å². The normalized spacial score (nSPS) is 21.8. The zero-order chi connectivity index (χ0) is 8.10. The Balaban J connectivity index is 0. The van der Waals surface area contributed by atoms with Gasteiger partial charge in [0.25, 0.3) is 0 Å². The first-order chi connectivity index (χ1) is 5.47. The van der Waals surface area contributed by atoms with Gasteiger partial charge in [0.1, 0.15) is 0 Å². The molecule has 72 valence electrons. The summed E-state index contributed by atoms with van der Waals surface area (Å²) in [6.07, 6.45) is 13.0. The predicted octanol–water partition coefficient (Wildman–Crippen LogP) is 3.00. The predicted molar refractivity (Wildman–Crippen MR) is 57.4 cm³/mol. The van der Waals surface area contributed by atoms with Gasteiger partial charge in [-0.1, -0.05) is 6.42 Å². The van der Waals surface area contributed by atoms with Gasteiger partial charge in [-0.2, -0.15) is 0 Å². The first-order valence-corrected chi connectivity index (χ1v) is 8.10. The molecule has 0 aromatic rings. The Morgan fingerprint density at radius 2 is 2.08 bits per heavy atom. The van der Waals surface area contributed by atoms with Crippen molar-refractivity contribution in [3.63, 3.8) is 0 Å². The molecule has 0 nitrogen and oxygen atoms in total. The van der Waals surface area contributed by atoms with Crippen molar-refractivity contribution in [1.29, 1.82) is 0 Å². The van der Waals surface area contributed by atoms with Crippen molar-refractivity contribution in [3.8, 4) is 0 Å². The fraction of sp³-hybridized carbons (Fsp3) is 0.364. The Morgan fingerprint density at radius 1 is 1.38 bits per heavy atom. The molecule has 2 radical (unpaired) electrons. The monoisotopic (exact) mass is 267 g/mol. The van der Waals surface area contributed by atoms with E-state index in [2.05, 4.69) is 31.5 Å². The van der Waals surface area contributed by atoms with Gasteiger partial charge in [0, 0.05) is 0 Å². The number of allylic oxidation sites excluding steroid dienone is 4. The van der Waals surface area contributed by atoms with Gasteiger partial charge in [-0.3, -0.25) is 0 Å². The summed E-state index contributed by atoms with van der Waals surface area (Å²) in [7, 11) is 0. The fourth-order valence-electron chi connectivity index (χ4n) is 1.66. The van der Waals surface area contributed by atoms with E-state index in [4.69, 9.17) is 0 Å². The summed E-state index contributed by atoms with van der Waals surface area (Å²) in [5.74, 6) is 0.884. The van der Waals surface area contributed by atoms with E-state index in [1.807, 2.05) is 0 Å². The SMILES string of the molecule is C1=CCC2CC[CH-]C2=C1.[CH3-].[CH3-].[Si]=[Zr]. The molecular formula is C11H17SiZr-3. The molecule has 2 aliphatic carbocycles. The minimum atomic E-state index is 0.